The molecule has 0 saturated carbocycles. The number of hydrogen-bond acceptors (Lipinski definition) is 4. The molecule has 1 rings (SSSR count). The van der Waals surface area contributed by atoms with Crippen molar-refractivity contribution < 1.29 is 18.3 Å². The van der Waals surface area contributed by atoms with Crippen molar-refractivity contribution in [3.05, 3.63) is 24.3 Å². The quantitative estimate of drug-likeness (QED) is 0.776. The van der Waals surface area contributed by atoms with Crippen LogP contribution >= 0.6 is 0 Å². The van der Waals surface area contributed by atoms with Gasteiger partial charge in [-0.2, -0.15) is 13.2 Å². The van der Waals surface area contributed by atoms with E-state index in [9.17, 15) is 13.2 Å². The maximum absolute atomic E-state index is 11.9. The van der Waals surface area contributed by atoms with Gasteiger partial charge in [0.05, 0.1) is 6.54 Å². The van der Waals surface area contributed by atoms with E-state index in [1.807, 2.05) is 0 Å². The SMILES string of the molecule is OC(CNCc1ncccn1)C(F)(F)F. The third kappa shape index (κ3) is 4.22. The summed E-state index contributed by atoms with van der Waals surface area (Å²) in [6.45, 7) is -0.476. The number of nitrogens with one attached hydrogen (secondary N) is 1. The maximum atomic E-state index is 11.9. The number of hydrogen-bond donors (Lipinski definition) is 2. The molecule has 1 unspecified atom stereocenters. The summed E-state index contributed by atoms with van der Waals surface area (Å²) in [7, 11) is 0. The first-order chi connectivity index (χ1) is 7.00. The average molecular weight is 221 g/mol. The van der Waals surface area contributed by atoms with E-state index in [0.717, 1.165) is 0 Å². The van der Waals surface area contributed by atoms with Crippen molar-refractivity contribution in [3.63, 3.8) is 0 Å². The minimum atomic E-state index is -4.59. The molecule has 0 radical (unpaired) electrons. The normalized spacial score (nSPS) is 13.9. The van der Waals surface area contributed by atoms with Crippen molar-refractivity contribution >= 4 is 0 Å². The summed E-state index contributed by atoms with van der Waals surface area (Å²) in [6, 6.07) is 1.61. The Morgan fingerprint density at radius 1 is 1.33 bits per heavy atom. The molecule has 1 atom stereocenters. The van der Waals surface area contributed by atoms with Crippen LogP contribution in [0.5, 0.6) is 0 Å². The molecule has 15 heavy (non-hydrogen) atoms. The van der Waals surface area contributed by atoms with Gasteiger partial charge in [-0.25, -0.2) is 9.97 Å². The fourth-order valence-electron chi connectivity index (χ4n) is 0.858. The first kappa shape index (κ1) is 11.9. The largest absolute Gasteiger partial charge is 0.415 e. The third-order valence-corrected chi connectivity index (χ3v) is 1.62. The first-order valence-corrected chi connectivity index (χ1v) is 4.21. The monoisotopic (exact) mass is 221 g/mol. The van der Waals surface area contributed by atoms with Crippen LogP contribution < -0.4 is 5.32 Å². The molecule has 1 heterocycles. The number of aromatic nitrogens is 2. The lowest BCUT2D eigenvalue weighted by molar-refractivity contribution is -0.201. The van der Waals surface area contributed by atoms with E-state index in [1.165, 1.54) is 12.4 Å². The highest BCUT2D eigenvalue weighted by atomic mass is 19.4. The Labute approximate surface area is 84.2 Å². The summed E-state index contributed by atoms with van der Waals surface area (Å²) in [5, 5.41) is 11.0. The number of rotatable bonds is 4. The molecule has 7 heteroatoms. The van der Waals surface area contributed by atoms with Crippen LogP contribution in [0, 0.1) is 0 Å². The molecule has 0 amide bonds. The fraction of sp³-hybridized carbons (Fsp3) is 0.500. The van der Waals surface area contributed by atoms with Gasteiger partial charge in [-0.1, -0.05) is 0 Å². The standard InChI is InChI=1S/C8H10F3N3O/c9-8(10,11)6(15)4-12-5-7-13-2-1-3-14-7/h1-3,6,12,15H,4-5H2. The zero-order valence-corrected chi connectivity index (χ0v) is 7.70. The van der Waals surface area contributed by atoms with E-state index in [-0.39, 0.29) is 6.54 Å². The van der Waals surface area contributed by atoms with Crippen LogP contribution in [0.1, 0.15) is 5.82 Å². The van der Waals surface area contributed by atoms with Crippen molar-refractivity contribution in [3.8, 4) is 0 Å². The molecule has 1 aromatic heterocycles. The van der Waals surface area contributed by atoms with E-state index in [0.29, 0.717) is 5.82 Å². The first-order valence-electron chi connectivity index (χ1n) is 4.21. The molecular weight excluding hydrogens is 211 g/mol. The van der Waals surface area contributed by atoms with Crippen LogP contribution in [0.15, 0.2) is 18.5 Å². The van der Waals surface area contributed by atoms with Crippen LogP contribution in [0.4, 0.5) is 13.2 Å². The van der Waals surface area contributed by atoms with Gasteiger partial charge in [-0.05, 0) is 6.07 Å². The molecule has 1 aromatic rings. The van der Waals surface area contributed by atoms with Gasteiger partial charge in [0.2, 0.25) is 0 Å². The Bertz CT molecular complexity index is 291. The second-order valence-electron chi connectivity index (χ2n) is 2.85. The lowest BCUT2D eigenvalue weighted by Gasteiger charge is -2.14. The van der Waals surface area contributed by atoms with E-state index in [1.54, 1.807) is 6.07 Å². The summed E-state index contributed by atoms with van der Waals surface area (Å²) in [5.74, 6) is 0.381. The highest BCUT2D eigenvalue weighted by molar-refractivity contribution is 4.88. The third-order valence-electron chi connectivity index (χ3n) is 1.62. The van der Waals surface area contributed by atoms with Crippen molar-refractivity contribution in [1.29, 1.82) is 0 Å². The minimum absolute atomic E-state index is 0.0913. The second-order valence-corrected chi connectivity index (χ2v) is 2.85. The summed E-state index contributed by atoms with van der Waals surface area (Å²) < 4.78 is 35.6. The molecule has 0 aliphatic heterocycles. The number of aliphatic hydroxyl groups excluding tert-OH is 1. The minimum Gasteiger partial charge on any atom is -0.382 e. The maximum Gasteiger partial charge on any atom is 0.415 e. The summed E-state index contributed by atoms with van der Waals surface area (Å²) in [5.41, 5.74) is 0. The van der Waals surface area contributed by atoms with Gasteiger partial charge in [0.15, 0.2) is 6.10 Å². The number of halogens is 3. The average Bonchev–Trinajstić information content (AvgIpc) is 2.18. The van der Waals surface area contributed by atoms with Crippen LogP contribution in [-0.4, -0.2) is 33.9 Å². The highest BCUT2D eigenvalue weighted by Crippen LogP contribution is 2.19. The molecule has 0 spiro atoms. The predicted molar refractivity (Wildman–Crippen MR) is 45.8 cm³/mol. The topological polar surface area (TPSA) is 58.0 Å². The van der Waals surface area contributed by atoms with Gasteiger partial charge in [0.25, 0.3) is 0 Å². The number of alkyl halides is 3. The summed E-state index contributed by atoms with van der Waals surface area (Å²) in [6.07, 6.45) is -3.97. The molecule has 0 bridgehead atoms. The van der Waals surface area contributed by atoms with Crippen LogP contribution in [0.25, 0.3) is 0 Å². The predicted octanol–water partition coefficient (Wildman–Crippen LogP) is 0.489. The molecule has 0 fully saturated rings. The molecule has 0 saturated heterocycles. The molecule has 2 N–H and O–H groups in total. The van der Waals surface area contributed by atoms with E-state index < -0.39 is 18.8 Å². The van der Waals surface area contributed by atoms with E-state index >= 15 is 0 Å². The smallest absolute Gasteiger partial charge is 0.382 e. The molecule has 0 aliphatic carbocycles. The molecular formula is C8H10F3N3O. The van der Waals surface area contributed by atoms with Gasteiger partial charge in [-0.3, -0.25) is 0 Å². The van der Waals surface area contributed by atoms with E-state index in [4.69, 9.17) is 5.11 Å². The summed E-state index contributed by atoms with van der Waals surface area (Å²) >= 11 is 0. The van der Waals surface area contributed by atoms with Gasteiger partial charge < -0.3 is 10.4 Å². The Morgan fingerprint density at radius 3 is 2.47 bits per heavy atom. The lowest BCUT2D eigenvalue weighted by Crippen LogP contribution is -2.38. The number of nitrogens with zero attached hydrogens (tertiary/aromatic N) is 2. The van der Waals surface area contributed by atoms with Crippen LogP contribution in [0.3, 0.4) is 0 Å². The van der Waals surface area contributed by atoms with E-state index in [2.05, 4.69) is 15.3 Å². The Morgan fingerprint density at radius 2 is 1.93 bits per heavy atom. The second kappa shape index (κ2) is 5.04. The molecule has 0 aromatic carbocycles. The van der Waals surface area contributed by atoms with Crippen molar-refractivity contribution in [2.45, 2.75) is 18.8 Å². The van der Waals surface area contributed by atoms with Crippen molar-refractivity contribution in [1.82, 2.24) is 15.3 Å². The molecule has 84 valence electrons. The Balaban J connectivity index is 2.28. The zero-order chi connectivity index (χ0) is 11.3. The summed E-state index contributed by atoms with van der Waals surface area (Å²) in [4.78, 5) is 7.60. The zero-order valence-electron chi connectivity index (χ0n) is 7.70. The van der Waals surface area contributed by atoms with Gasteiger partial charge >= 0.3 is 6.18 Å². The van der Waals surface area contributed by atoms with Crippen LogP contribution in [-0.2, 0) is 6.54 Å². The van der Waals surface area contributed by atoms with Gasteiger partial charge in [0.1, 0.15) is 5.82 Å². The fourth-order valence-corrected chi connectivity index (χ4v) is 0.858. The van der Waals surface area contributed by atoms with Crippen molar-refractivity contribution in [2.75, 3.05) is 6.54 Å². The van der Waals surface area contributed by atoms with Gasteiger partial charge in [0, 0.05) is 18.9 Å². The highest BCUT2D eigenvalue weighted by Gasteiger charge is 2.37. The van der Waals surface area contributed by atoms with Crippen LogP contribution in [0.2, 0.25) is 0 Å². The Hall–Kier alpha value is -1.21. The molecule has 0 aliphatic rings. The van der Waals surface area contributed by atoms with Gasteiger partial charge in [-0.15, -0.1) is 0 Å². The Kier molecular flexibility index (Phi) is 3.98. The molecule has 4 nitrogen and oxygen atoms in total. The van der Waals surface area contributed by atoms with Crippen molar-refractivity contribution in [2.24, 2.45) is 0 Å². The lowest BCUT2D eigenvalue weighted by atomic mass is 10.3. The number of aliphatic hydroxyl groups is 1.